The average molecular weight is 453 g/mol. The summed E-state index contributed by atoms with van der Waals surface area (Å²) in [5.41, 5.74) is 1.43. The zero-order valence-corrected chi connectivity index (χ0v) is 19.1. The lowest BCUT2D eigenvalue weighted by Crippen LogP contribution is -2.49. The monoisotopic (exact) mass is 452 g/mol. The minimum atomic E-state index is -0.210. The number of aryl methyl sites for hydroxylation is 1. The van der Waals surface area contributed by atoms with Crippen molar-refractivity contribution in [2.75, 3.05) is 52.4 Å². The second kappa shape index (κ2) is 9.81. The zero-order chi connectivity index (χ0) is 23.4. The van der Waals surface area contributed by atoms with Crippen LogP contribution in [0.2, 0.25) is 0 Å². The van der Waals surface area contributed by atoms with Crippen molar-refractivity contribution in [3.8, 4) is 17.2 Å². The molecule has 1 aliphatic rings. The van der Waals surface area contributed by atoms with E-state index in [4.69, 9.17) is 14.2 Å². The SMILES string of the molecule is COc1ccc(N2CCN(C(=O)CCn3cnc4cc(OC)c(OC)cc4c3=O)CC2)cc1. The topological polar surface area (TPSA) is 86.1 Å². The van der Waals surface area contributed by atoms with E-state index in [9.17, 15) is 9.59 Å². The van der Waals surface area contributed by atoms with Crippen molar-refractivity contribution < 1.29 is 19.0 Å². The first-order chi connectivity index (χ1) is 16.0. The van der Waals surface area contributed by atoms with Crippen LogP contribution in [0.1, 0.15) is 6.42 Å². The third-order valence-corrected chi connectivity index (χ3v) is 5.97. The van der Waals surface area contributed by atoms with Gasteiger partial charge in [0.1, 0.15) is 5.75 Å². The summed E-state index contributed by atoms with van der Waals surface area (Å²) in [4.78, 5) is 34.2. The molecule has 1 amide bonds. The number of hydrogen-bond acceptors (Lipinski definition) is 7. The van der Waals surface area contributed by atoms with Gasteiger partial charge >= 0.3 is 0 Å². The van der Waals surface area contributed by atoms with Crippen molar-refractivity contribution in [1.82, 2.24) is 14.5 Å². The van der Waals surface area contributed by atoms with Gasteiger partial charge in [0.05, 0.1) is 38.6 Å². The molecule has 1 saturated heterocycles. The number of nitrogens with zero attached hydrogens (tertiary/aromatic N) is 4. The molecule has 1 fully saturated rings. The number of anilines is 1. The lowest BCUT2D eigenvalue weighted by molar-refractivity contribution is -0.131. The molecular formula is C24H28N4O5. The maximum Gasteiger partial charge on any atom is 0.261 e. The number of benzene rings is 2. The Kier molecular flexibility index (Phi) is 6.67. The number of carbonyl (C=O) groups excluding carboxylic acids is 1. The Morgan fingerprint density at radius 1 is 0.939 bits per heavy atom. The molecule has 0 aliphatic carbocycles. The van der Waals surface area contributed by atoms with Gasteiger partial charge in [0.25, 0.3) is 5.56 Å². The molecule has 0 spiro atoms. The average Bonchev–Trinajstić information content (AvgIpc) is 2.87. The number of carbonyl (C=O) groups is 1. The largest absolute Gasteiger partial charge is 0.497 e. The van der Waals surface area contributed by atoms with Crippen molar-refractivity contribution in [3.63, 3.8) is 0 Å². The van der Waals surface area contributed by atoms with Crippen LogP contribution in [0, 0.1) is 0 Å². The normalized spacial score (nSPS) is 13.8. The number of ether oxygens (including phenoxy) is 3. The fourth-order valence-electron chi connectivity index (χ4n) is 4.03. The molecule has 4 rings (SSSR count). The van der Waals surface area contributed by atoms with Gasteiger partial charge in [0, 0.05) is 50.9 Å². The van der Waals surface area contributed by atoms with Gasteiger partial charge in [0.15, 0.2) is 11.5 Å². The summed E-state index contributed by atoms with van der Waals surface area (Å²) in [6.45, 7) is 3.08. The van der Waals surface area contributed by atoms with E-state index in [1.165, 1.54) is 25.1 Å². The minimum Gasteiger partial charge on any atom is -0.497 e. The third-order valence-electron chi connectivity index (χ3n) is 5.97. The van der Waals surface area contributed by atoms with Crippen molar-refractivity contribution >= 4 is 22.5 Å². The molecule has 3 aromatic rings. The van der Waals surface area contributed by atoms with E-state index in [-0.39, 0.29) is 24.4 Å². The maximum atomic E-state index is 12.9. The van der Waals surface area contributed by atoms with Gasteiger partial charge in [-0.1, -0.05) is 0 Å². The van der Waals surface area contributed by atoms with Crippen LogP contribution in [-0.4, -0.2) is 67.9 Å². The first kappa shape index (κ1) is 22.4. The van der Waals surface area contributed by atoms with Crippen LogP contribution in [0.15, 0.2) is 47.5 Å². The van der Waals surface area contributed by atoms with Crippen molar-refractivity contribution in [2.45, 2.75) is 13.0 Å². The molecule has 0 unspecified atom stereocenters. The number of aromatic nitrogens is 2. The van der Waals surface area contributed by atoms with Crippen LogP contribution >= 0.6 is 0 Å². The van der Waals surface area contributed by atoms with Gasteiger partial charge < -0.3 is 24.0 Å². The van der Waals surface area contributed by atoms with E-state index in [1.54, 1.807) is 19.2 Å². The first-order valence-electron chi connectivity index (χ1n) is 10.8. The first-order valence-corrected chi connectivity index (χ1v) is 10.8. The highest BCUT2D eigenvalue weighted by Gasteiger charge is 2.21. The van der Waals surface area contributed by atoms with Crippen molar-refractivity contribution in [3.05, 3.63) is 53.1 Å². The highest BCUT2D eigenvalue weighted by Crippen LogP contribution is 2.29. The number of fused-ring (bicyclic) bond motifs is 1. The second-order valence-corrected chi connectivity index (χ2v) is 7.78. The number of rotatable bonds is 7. The van der Waals surface area contributed by atoms with Crippen LogP contribution < -0.4 is 24.7 Å². The highest BCUT2D eigenvalue weighted by atomic mass is 16.5. The summed E-state index contributed by atoms with van der Waals surface area (Å²) in [5.74, 6) is 1.83. The molecule has 174 valence electrons. The number of amides is 1. The Bertz CT molecular complexity index is 1180. The smallest absolute Gasteiger partial charge is 0.261 e. The van der Waals surface area contributed by atoms with E-state index in [0.29, 0.717) is 35.5 Å². The number of methoxy groups -OCH3 is 3. The lowest BCUT2D eigenvalue weighted by atomic mass is 10.2. The minimum absolute atomic E-state index is 0.0312. The predicted octanol–water partition coefficient (Wildman–Crippen LogP) is 2.16. The summed E-state index contributed by atoms with van der Waals surface area (Å²) < 4.78 is 17.3. The Morgan fingerprint density at radius 2 is 1.61 bits per heavy atom. The molecule has 1 aliphatic heterocycles. The van der Waals surface area contributed by atoms with Gasteiger partial charge in [0.2, 0.25) is 5.91 Å². The van der Waals surface area contributed by atoms with Gasteiger partial charge in [-0.15, -0.1) is 0 Å². The van der Waals surface area contributed by atoms with Crippen LogP contribution in [0.25, 0.3) is 10.9 Å². The molecule has 2 aromatic carbocycles. The number of piperazine rings is 1. The summed E-state index contributed by atoms with van der Waals surface area (Å²) >= 11 is 0. The van der Waals surface area contributed by atoms with Gasteiger partial charge in [-0.25, -0.2) is 4.98 Å². The number of hydrogen-bond donors (Lipinski definition) is 0. The summed E-state index contributed by atoms with van der Waals surface area (Å²) in [7, 11) is 4.70. The molecule has 0 N–H and O–H groups in total. The van der Waals surface area contributed by atoms with Crippen molar-refractivity contribution in [2.24, 2.45) is 0 Å². The van der Waals surface area contributed by atoms with Gasteiger partial charge in [-0.05, 0) is 30.3 Å². The highest BCUT2D eigenvalue weighted by molar-refractivity contribution is 5.81. The Labute approximate surface area is 192 Å². The molecule has 0 saturated carbocycles. The van der Waals surface area contributed by atoms with Gasteiger partial charge in [-0.3, -0.25) is 14.2 Å². The van der Waals surface area contributed by atoms with Crippen LogP contribution in [0.3, 0.4) is 0 Å². The van der Waals surface area contributed by atoms with Crippen LogP contribution in [0.5, 0.6) is 17.2 Å². The lowest BCUT2D eigenvalue weighted by Gasteiger charge is -2.36. The molecule has 9 nitrogen and oxygen atoms in total. The van der Waals surface area contributed by atoms with E-state index < -0.39 is 0 Å². The van der Waals surface area contributed by atoms with E-state index in [2.05, 4.69) is 9.88 Å². The fraction of sp³-hybridized carbons (Fsp3) is 0.375. The zero-order valence-electron chi connectivity index (χ0n) is 19.1. The Hall–Kier alpha value is -3.75. The molecule has 0 radical (unpaired) electrons. The third kappa shape index (κ3) is 4.72. The van der Waals surface area contributed by atoms with Crippen LogP contribution in [-0.2, 0) is 11.3 Å². The van der Waals surface area contributed by atoms with Crippen LogP contribution in [0.4, 0.5) is 5.69 Å². The molecule has 1 aromatic heterocycles. The summed E-state index contributed by atoms with van der Waals surface area (Å²) in [6, 6.07) is 11.2. The maximum absolute atomic E-state index is 12.9. The molecule has 33 heavy (non-hydrogen) atoms. The summed E-state index contributed by atoms with van der Waals surface area (Å²) in [5, 5.41) is 0.427. The molecule has 2 heterocycles. The van der Waals surface area contributed by atoms with Crippen molar-refractivity contribution in [1.29, 1.82) is 0 Å². The Morgan fingerprint density at radius 3 is 2.24 bits per heavy atom. The van der Waals surface area contributed by atoms with E-state index in [0.717, 1.165) is 24.5 Å². The molecule has 0 bridgehead atoms. The second-order valence-electron chi connectivity index (χ2n) is 7.78. The molecule has 0 atom stereocenters. The fourth-order valence-corrected chi connectivity index (χ4v) is 4.03. The molecule has 9 heteroatoms. The predicted molar refractivity (Wildman–Crippen MR) is 126 cm³/mol. The Balaban J connectivity index is 1.37. The quantitative estimate of drug-likeness (QED) is 0.543. The van der Waals surface area contributed by atoms with E-state index >= 15 is 0 Å². The summed E-state index contributed by atoms with van der Waals surface area (Å²) in [6.07, 6.45) is 1.72. The standard InChI is InChI=1S/C24H28N4O5/c1-31-18-6-4-17(5-7-18)26-10-12-27(13-11-26)23(29)8-9-28-16-25-20-15-22(33-3)21(32-2)14-19(20)24(28)30/h4-7,14-16H,8-13H2,1-3H3. The van der Waals surface area contributed by atoms with Gasteiger partial charge in [-0.2, -0.15) is 0 Å². The van der Waals surface area contributed by atoms with E-state index in [1.807, 2.05) is 29.2 Å². The molecular weight excluding hydrogens is 424 g/mol.